The van der Waals surface area contributed by atoms with E-state index in [2.05, 4.69) is 203 Å². The van der Waals surface area contributed by atoms with Gasteiger partial charge in [0.1, 0.15) is 6.17 Å². The van der Waals surface area contributed by atoms with Crippen molar-refractivity contribution < 1.29 is 0 Å². The largest absolute Gasteiger partial charge is 0.366 e. The molecule has 0 radical (unpaired) electrons. The Morgan fingerprint density at radius 1 is 0.412 bits per heavy atom. The monoisotopic (exact) mass is 653 g/mol. The highest BCUT2D eigenvalue weighted by Crippen LogP contribution is 2.41. The summed E-state index contributed by atoms with van der Waals surface area (Å²) in [5.41, 5.74) is 10.7. The summed E-state index contributed by atoms with van der Waals surface area (Å²) in [5, 5.41) is 15.4. The van der Waals surface area contributed by atoms with Crippen molar-refractivity contribution in [2.45, 2.75) is 12.2 Å². The van der Waals surface area contributed by atoms with Crippen LogP contribution in [0.4, 0.5) is 0 Å². The lowest BCUT2D eigenvalue weighted by Gasteiger charge is -2.33. The Balaban J connectivity index is 1.06. The molecule has 51 heavy (non-hydrogen) atoms. The van der Waals surface area contributed by atoms with Crippen LogP contribution in [0.3, 0.4) is 0 Å². The van der Waals surface area contributed by atoms with Crippen LogP contribution in [0, 0.1) is 0 Å². The van der Waals surface area contributed by atoms with E-state index in [1.807, 2.05) is 0 Å². The van der Waals surface area contributed by atoms with Gasteiger partial charge in [0.15, 0.2) is 0 Å². The standard InChI is InChI=1S/C48H35N3/c1-3-11-32(12-4-1)33-19-21-38(22-20-33)48-49-42(36-15-5-2-6-16-36)31-43(50-48)37-23-27-39(28-24-37)51-44-29-25-34-13-7-9-17-40(34)46(44)47-41-18-10-8-14-35(41)26-30-45(47)51/h1-31,42,48-50H. The maximum atomic E-state index is 3.86. The molecule has 3 nitrogen and oxygen atoms in total. The minimum Gasteiger partial charge on any atom is -0.366 e. The van der Waals surface area contributed by atoms with Gasteiger partial charge in [-0.2, -0.15) is 0 Å². The van der Waals surface area contributed by atoms with Gasteiger partial charge in [-0.05, 0) is 79.7 Å². The molecule has 9 aromatic rings. The first kappa shape index (κ1) is 29.5. The zero-order chi connectivity index (χ0) is 33.7. The number of hydrogen-bond acceptors (Lipinski definition) is 2. The Kier molecular flexibility index (Phi) is 7.04. The summed E-state index contributed by atoms with van der Waals surface area (Å²) in [6.45, 7) is 0. The lowest BCUT2D eigenvalue weighted by Crippen LogP contribution is -2.39. The van der Waals surface area contributed by atoms with E-state index in [1.165, 1.54) is 65.6 Å². The molecule has 0 aliphatic carbocycles. The van der Waals surface area contributed by atoms with E-state index in [-0.39, 0.29) is 12.2 Å². The van der Waals surface area contributed by atoms with Crippen LogP contribution in [0.1, 0.15) is 28.9 Å². The molecule has 2 heterocycles. The molecule has 2 N–H and O–H groups in total. The molecule has 0 amide bonds. The Labute approximate surface area is 297 Å². The van der Waals surface area contributed by atoms with Crippen LogP contribution in [0.5, 0.6) is 0 Å². The fraction of sp³-hybridized carbons (Fsp3) is 0.0417. The van der Waals surface area contributed by atoms with E-state index in [4.69, 9.17) is 0 Å². The molecular formula is C48H35N3. The normalized spacial score (nSPS) is 16.0. The molecule has 0 saturated carbocycles. The van der Waals surface area contributed by atoms with Gasteiger partial charge in [-0.25, -0.2) is 0 Å². The number of nitrogens with one attached hydrogen (secondary N) is 2. The first-order chi connectivity index (χ1) is 25.3. The Hall–Kier alpha value is -6.42. The molecule has 3 heteroatoms. The highest BCUT2D eigenvalue weighted by atomic mass is 15.2. The van der Waals surface area contributed by atoms with Crippen molar-refractivity contribution in [2.24, 2.45) is 0 Å². The zero-order valence-corrected chi connectivity index (χ0v) is 28.0. The maximum Gasteiger partial charge on any atom is 0.104 e. The Morgan fingerprint density at radius 3 is 1.57 bits per heavy atom. The Morgan fingerprint density at radius 2 is 0.941 bits per heavy atom. The van der Waals surface area contributed by atoms with E-state index in [0.717, 1.165) is 16.9 Å². The van der Waals surface area contributed by atoms with Gasteiger partial charge in [0, 0.05) is 22.2 Å². The quantitative estimate of drug-likeness (QED) is 0.194. The lowest BCUT2D eigenvalue weighted by molar-refractivity contribution is 0.443. The lowest BCUT2D eigenvalue weighted by atomic mass is 9.97. The van der Waals surface area contributed by atoms with Crippen LogP contribution < -0.4 is 10.6 Å². The number of benzene rings is 8. The average molecular weight is 654 g/mol. The van der Waals surface area contributed by atoms with Crippen molar-refractivity contribution in [1.82, 2.24) is 15.2 Å². The summed E-state index contributed by atoms with van der Waals surface area (Å²) in [5.74, 6) is 0. The van der Waals surface area contributed by atoms with Crippen molar-refractivity contribution in [3.05, 3.63) is 205 Å². The van der Waals surface area contributed by atoms with E-state index >= 15 is 0 Å². The smallest absolute Gasteiger partial charge is 0.104 e. The van der Waals surface area contributed by atoms with Crippen LogP contribution in [-0.4, -0.2) is 4.57 Å². The molecule has 8 aromatic carbocycles. The second kappa shape index (κ2) is 12.2. The fourth-order valence-electron chi connectivity index (χ4n) is 7.97. The van der Waals surface area contributed by atoms with Gasteiger partial charge in [-0.15, -0.1) is 0 Å². The first-order valence-electron chi connectivity index (χ1n) is 17.7. The zero-order valence-electron chi connectivity index (χ0n) is 28.0. The number of nitrogens with zero attached hydrogens (tertiary/aromatic N) is 1. The third-order valence-corrected chi connectivity index (χ3v) is 10.5. The second-order valence-corrected chi connectivity index (χ2v) is 13.4. The molecule has 0 fully saturated rings. The van der Waals surface area contributed by atoms with Gasteiger partial charge in [0.2, 0.25) is 0 Å². The number of hydrogen-bond donors (Lipinski definition) is 2. The van der Waals surface area contributed by atoms with Crippen LogP contribution >= 0.6 is 0 Å². The highest BCUT2D eigenvalue weighted by molar-refractivity contribution is 6.28. The van der Waals surface area contributed by atoms with E-state index in [9.17, 15) is 0 Å². The van der Waals surface area contributed by atoms with Gasteiger partial charge in [0.05, 0.1) is 17.1 Å². The molecule has 0 bridgehead atoms. The van der Waals surface area contributed by atoms with Gasteiger partial charge < -0.3 is 9.88 Å². The minimum absolute atomic E-state index is 0.0554. The summed E-state index contributed by atoms with van der Waals surface area (Å²) in [4.78, 5) is 0. The number of rotatable bonds is 5. The van der Waals surface area contributed by atoms with Gasteiger partial charge in [-0.3, -0.25) is 5.32 Å². The van der Waals surface area contributed by atoms with Crippen molar-refractivity contribution in [3.63, 3.8) is 0 Å². The third-order valence-electron chi connectivity index (χ3n) is 10.5. The van der Waals surface area contributed by atoms with Gasteiger partial charge >= 0.3 is 0 Å². The summed E-state index contributed by atoms with van der Waals surface area (Å²) >= 11 is 0. The first-order valence-corrected chi connectivity index (χ1v) is 17.7. The van der Waals surface area contributed by atoms with Crippen LogP contribution in [0.25, 0.3) is 65.9 Å². The SMILES string of the molecule is C1=C(c2ccc(-n3c4ccc5ccccc5c4c4c5ccccc5ccc43)cc2)NC(c2ccc(-c3ccccc3)cc2)NC1c1ccccc1. The van der Waals surface area contributed by atoms with Crippen molar-refractivity contribution in [3.8, 4) is 16.8 Å². The third kappa shape index (κ3) is 5.10. The molecule has 10 rings (SSSR count). The van der Waals surface area contributed by atoms with E-state index < -0.39 is 0 Å². The molecule has 1 aliphatic rings. The molecule has 2 unspecified atom stereocenters. The second-order valence-electron chi connectivity index (χ2n) is 13.4. The maximum absolute atomic E-state index is 3.86. The van der Waals surface area contributed by atoms with Gasteiger partial charge in [-0.1, -0.05) is 158 Å². The molecule has 0 saturated heterocycles. The van der Waals surface area contributed by atoms with Crippen LogP contribution in [0.15, 0.2) is 188 Å². The van der Waals surface area contributed by atoms with E-state index in [1.54, 1.807) is 0 Å². The summed E-state index contributed by atoms with van der Waals surface area (Å²) in [6.07, 6.45) is 2.26. The molecule has 242 valence electrons. The molecule has 1 aromatic heterocycles. The summed E-state index contributed by atoms with van der Waals surface area (Å²) in [7, 11) is 0. The summed E-state index contributed by atoms with van der Waals surface area (Å²) in [6, 6.07) is 65.9. The average Bonchev–Trinajstić information content (AvgIpc) is 3.57. The summed E-state index contributed by atoms with van der Waals surface area (Å²) < 4.78 is 2.43. The predicted molar refractivity (Wildman–Crippen MR) is 214 cm³/mol. The molecule has 2 atom stereocenters. The number of fused-ring (bicyclic) bond motifs is 7. The predicted octanol–water partition coefficient (Wildman–Crippen LogP) is 11.7. The van der Waals surface area contributed by atoms with Crippen molar-refractivity contribution in [2.75, 3.05) is 0 Å². The minimum atomic E-state index is -0.0568. The van der Waals surface area contributed by atoms with Crippen LogP contribution in [0.2, 0.25) is 0 Å². The van der Waals surface area contributed by atoms with Crippen molar-refractivity contribution >= 4 is 49.0 Å². The van der Waals surface area contributed by atoms with E-state index in [0.29, 0.717) is 0 Å². The highest BCUT2D eigenvalue weighted by Gasteiger charge is 2.24. The van der Waals surface area contributed by atoms with Crippen LogP contribution in [-0.2, 0) is 0 Å². The molecular weight excluding hydrogens is 619 g/mol. The number of aromatic nitrogens is 1. The van der Waals surface area contributed by atoms with Crippen molar-refractivity contribution in [1.29, 1.82) is 0 Å². The van der Waals surface area contributed by atoms with Gasteiger partial charge in [0.25, 0.3) is 0 Å². The topological polar surface area (TPSA) is 29.0 Å². The Bertz CT molecular complexity index is 2630. The molecule has 1 aliphatic heterocycles. The molecule has 0 spiro atoms. The fourth-order valence-corrected chi connectivity index (χ4v) is 7.97.